The lowest BCUT2D eigenvalue weighted by Gasteiger charge is -2.21. The Balaban J connectivity index is 1.93. The molecule has 0 radical (unpaired) electrons. The number of benzene rings is 1. The summed E-state index contributed by atoms with van der Waals surface area (Å²) < 4.78 is 23.0. The molecule has 0 amide bonds. The Morgan fingerprint density at radius 3 is 2.60 bits per heavy atom. The second-order valence-electron chi connectivity index (χ2n) is 5.53. The first-order chi connectivity index (χ1) is 9.47. The summed E-state index contributed by atoms with van der Waals surface area (Å²) >= 11 is 0. The lowest BCUT2D eigenvalue weighted by Crippen LogP contribution is -2.29. The van der Waals surface area contributed by atoms with Crippen molar-refractivity contribution < 1.29 is 8.42 Å². The van der Waals surface area contributed by atoms with Crippen molar-refractivity contribution in [1.29, 1.82) is 0 Å². The van der Waals surface area contributed by atoms with Gasteiger partial charge >= 0.3 is 0 Å². The summed E-state index contributed by atoms with van der Waals surface area (Å²) in [6, 6.07) is 6.77. The van der Waals surface area contributed by atoms with Crippen molar-refractivity contribution in [3.63, 3.8) is 0 Å². The van der Waals surface area contributed by atoms with Gasteiger partial charge in [-0.25, -0.2) is 13.6 Å². The van der Waals surface area contributed by atoms with Gasteiger partial charge in [0.25, 0.3) is 0 Å². The number of nitrogens with one attached hydrogen (secondary N) is 1. The van der Waals surface area contributed by atoms with E-state index in [1.807, 2.05) is 6.07 Å². The highest BCUT2D eigenvalue weighted by atomic mass is 32.2. The molecule has 1 fully saturated rings. The van der Waals surface area contributed by atoms with Crippen LogP contribution in [0.2, 0.25) is 0 Å². The summed E-state index contributed by atoms with van der Waals surface area (Å²) in [4.78, 5) is 2.62. The minimum Gasteiger partial charge on any atom is -0.384 e. The Morgan fingerprint density at radius 2 is 1.95 bits per heavy atom. The van der Waals surface area contributed by atoms with Crippen molar-refractivity contribution >= 4 is 15.7 Å². The molecule has 1 aromatic carbocycles. The molecule has 1 atom stereocenters. The second-order valence-corrected chi connectivity index (χ2v) is 7.06. The monoisotopic (exact) mass is 297 g/mol. The minimum atomic E-state index is -3.68. The summed E-state index contributed by atoms with van der Waals surface area (Å²) in [7, 11) is -3.68. The standard InChI is InChI=1S/C14H23N3O2S/c1-12(11-17-8-4-5-9-17)10-16-13-6-2-3-7-14(13)20(15,18)19/h2-3,6-7,12,16H,4-5,8-11H2,1H3,(H2,15,18,19). The predicted octanol–water partition coefficient (Wildman–Crippen LogP) is 1.48. The van der Waals surface area contributed by atoms with Gasteiger partial charge in [-0.15, -0.1) is 0 Å². The number of nitrogens with two attached hydrogens (primary N) is 1. The lowest BCUT2D eigenvalue weighted by molar-refractivity contribution is 0.294. The van der Waals surface area contributed by atoms with Crippen molar-refractivity contribution in [3.8, 4) is 0 Å². The molecule has 0 aromatic heterocycles. The fourth-order valence-electron chi connectivity index (χ4n) is 2.62. The molecule has 5 nitrogen and oxygen atoms in total. The van der Waals surface area contributed by atoms with Gasteiger partial charge in [0.1, 0.15) is 4.90 Å². The molecule has 0 aliphatic carbocycles. The van der Waals surface area contributed by atoms with Gasteiger partial charge in [0, 0.05) is 13.1 Å². The van der Waals surface area contributed by atoms with Crippen LogP contribution in [0.3, 0.4) is 0 Å². The first kappa shape index (κ1) is 15.3. The molecule has 20 heavy (non-hydrogen) atoms. The van der Waals surface area contributed by atoms with Crippen molar-refractivity contribution in [1.82, 2.24) is 4.90 Å². The Labute approximate surface area is 121 Å². The zero-order valence-electron chi connectivity index (χ0n) is 11.9. The molecule has 3 N–H and O–H groups in total. The molecule has 1 heterocycles. The fourth-order valence-corrected chi connectivity index (χ4v) is 3.33. The van der Waals surface area contributed by atoms with Gasteiger partial charge in [-0.1, -0.05) is 19.1 Å². The average molecular weight is 297 g/mol. The molecule has 6 heteroatoms. The molecule has 0 bridgehead atoms. The first-order valence-electron chi connectivity index (χ1n) is 7.05. The van der Waals surface area contributed by atoms with E-state index in [-0.39, 0.29) is 4.90 Å². The van der Waals surface area contributed by atoms with Crippen LogP contribution < -0.4 is 10.5 Å². The summed E-state index contributed by atoms with van der Waals surface area (Å²) in [6.07, 6.45) is 2.57. The number of para-hydroxylation sites is 1. The van der Waals surface area contributed by atoms with E-state index < -0.39 is 10.0 Å². The predicted molar refractivity (Wildman–Crippen MR) is 81.1 cm³/mol. The molecule has 1 aliphatic rings. The maximum atomic E-state index is 11.5. The van der Waals surface area contributed by atoms with Gasteiger partial charge in [-0.05, 0) is 44.0 Å². The summed E-state index contributed by atoms with van der Waals surface area (Å²) in [5.41, 5.74) is 0.586. The van der Waals surface area contributed by atoms with Crippen LogP contribution in [0, 0.1) is 5.92 Å². The number of likely N-dealkylation sites (tertiary alicyclic amines) is 1. The van der Waals surface area contributed by atoms with Crippen molar-refractivity contribution in [2.24, 2.45) is 11.1 Å². The topological polar surface area (TPSA) is 75.4 Å². The van der Waals surface area contributed by atoms with Gasteiger partial charge in [0.05, 0.1) is 5.69 Å². The van der Waals surface area contributed by atoms with E-state index >= 15 is 0 Å². The summed E-state index contributed by atoms with van der Waals surface area (Å²) in [5.74, 6) is 0.460. The second kappa shape index (κ2) is 6.56. The van der Waals surface area contributed by atoms with Crippen LogP contribution in [-0.4, -0.2) is 39.5 Å². The highest BCUT2D eigenvalue weighted by molar-refractivity contribution is 7.89. The summed E-state index contributed by atoms with van der Waals surface area (Å²) in [5, 5.41) is 8.43. The largest absolute Gasteiger partial charge is 0.384 e. The number of hydrogen-bond donors (Lipinski definition) is 2. The van der Waals surface area contributed by atoms with Crippen LogP contribution in [-0.2, 0) is 10.0 Å². The minimum absolute atomic E-state index is 0.161. The maximum Gasteiger partial charge on any atom is 0.240 e. The Hall–Kier alpha value is -1.11. The SMILES string of the molecule is CC(CNc1ccccc1S(N)(=O)=O)CN1CCCC1. The first-order valence-corrected chi connectivity index (χ1v) is 8.59. The van der Waals surface area contributed by atoms with Crippen LogP contribution in [0.25, 0.3) is 0 Å². The molecule has 0 spiro atoms. The third-order valence-electron chi connectivity index (χ3n) is 3.60. The van der Waals surface area contributed by atoms with Crippen LogP contribution in [0.4, 0.5) is 5.69 Å². The van der Waals surface area contributed by atoms with E-state index in [0.29, 0.717) is 11.6 Å². The average Bonchev–Trinajstić information content (AvgIpc) is 2.88. The number of nitrogens with zero attached hydrogens (tertiary/aromatic N) is 1. The van der Waals surface area contributed by atoms with Gasteiger partial charge < -0.3 is 10.2 Å². The molecule has 1 aromatic rings. The van der Waals surface area contributed by atoms with E-state index in [1.165, 1.54) is 32.0 Å². The zero-order chi connectivity index (χ0) is 14.6. The molecule has 1 aliphatic heterocycles. The number of rotatable bonds is 6. The Bertz CT molecular complexity index is 539. The van der Waals surface area contributed by atoms with Crippen LogP contribution >= 0.6 is 0 Å². The molecular formula is C14H23N3O2S. The van der Waals surface area contributed by atoms with Crippen LogP contribution in [0.15, 0.2) is 29.2 Å². The van der Waals surface area contributed by atoms with E-state index in [2.05, 4.69) is 17.1 Å². The van der Waals surface area contributed by atoms with Gasteiger partial charge in [0.15, 0.2) is 0 Å². The molecular weight excluding hydrogens is 274 g/mol. The molecule has 0 saturated carbocycles. The number of hydrogen-bond acceptors (Lipinski definition) is 4. The third-order valence-corrected chi connectivity index (χ3v) is 4.57. The quantitative estimate of drug-likeness (QED) is 0.834. The molecule has 112 valence electrons. The fraction of sp³-hybridized carbons (Fsp3) is 0.571. The number of primary sulfonamides is 1. The maximum absolute atomic E-state index is 11.5. The highest BCUT2D eigenvalue weighted by Crippen LogP contribution is 2.20. The highest BCUT2D eigenvalue weighted by Gasteiger charge is 2.16. The van der Waals surface area contributed by atoms with Crippen LogP contribution in [0.5, 0.6) is 0 Å². The zero-order valence-corrected chi connectivity index (χ0v) is 12.7. The normalized spacial score (nSPS) is 18.1. The Kier molecular flexibility index (Phi) is 5.01. The van der Waals surface area contributed by atoms with Gasteiger partial charge in [-0.3, -0.25) is 0 Å². The van der Waals surface area contributed by atoms with E-state index in [1.54, 1.807) is 12.1 Å². The van der Waals surface area contributed by atoms with E-state index in [9.17, 15) is 8.42 Å². The van der Waals surface area contributed by atoms with Crippen molar-refractivity contribution in [2.45, 2.75) is 24.7 Å². The molecule has 1 saturated heterocycles. The molecule has 1 unspecified atom stereocenters. The smallest absolute Gasteiger partial charge is 0.240 e. The van der Waals surface area contributed by atoms with Crippen molar-refractivity contribution in [2.75, 3.05) is 31.5 Å². The Morgan fingerprint density at radius 1 is 1.30 bits per heavy atom. The number of sulfonamides is 1. The van der Waals surface area contributed by atoms with Gasteiger partial charge in [0.2, 0.25) is 10.0 Å². The third kappa shape index (κ3) is 4.19. The van der Waals surface area contributed by atoms with Crippen molar-refractivity contribution in [3.05, 3.63) is 24.3 Å². The van der Waals surface area contributed by atoms with E-state index in [4.69, 9.17) is 5.14 Å². The molecule has 2 rings (SSSR count). The lowest BCUT2D eigenvalue weighted by atomic mass is 10.1. The van der Waals surface area contributed by atoms with E-state index in [0.717, 1.165) is 13.1 Å². The van der Waals surface area contributed by atoms with Gasteiger partial charge in [-0.2, -0.15) is 0 Å². The summed E-state index contributed by atoms with van der Waals surface area (Å²) in [6.45, 7) is 6.31. The number of anilines is 1. The van der Waals surface area contributed by atoms with Crippen LogP contribution in [0.1, 0.15) is 19.8 Å².